The molecule has 1 heterocycles. The summed E-state index contributed by atoms with van der Waals surface area (Å²) in [6.45, 7) is 17.4. The zero-order valence-electron chi connectivity index (χ0n) is 14.2. The molecule has 0 unspecified atom stereocenters. The van der Waals surface area contributed by atoms with Crippen LogP contribution >= 0.6 is 0 Å². The van der Waals surface area contributed by atoms with E-state index in [-0.39, 0.29) is 0 Å². The van der Waals surface area contributed by atoms with Gasteiger partial charge in [-0.25, -0.2) is 0 Å². The van der Waals surface area contributed by atoms with Crippen molar-refractivity contribution in [3.05, 3.63) is 48.6 Å². The van der Waals surface area contributed by atoms with E-state index in [4.69, 9.17) is 0 Å². The summed E-state index contributed by atoms with van der Waals surface area (Å²) in [5, 5.41) is 3.50. The van der Waals surface area contributed by atoms with Gasteiger partial charge in [0.15, 0.2) is 0 Å². The number of hydrogen-bond acceptors (Lipinski definition) is 2. The Balaban J connectivity index is 1.93. The van der Waals surface area contributed by atoms with Gasteiger partial charge in [0.1, 0.15) is 0 Å². The predicted molar refractivity (Wildman–Crippen MR) is 97.6 cm³/mol. The summed E-state index contributed by atoms with van der Waals surface area (Å²) >= 11 is 0. The van der Waals surface area contributed by atoms with Crippen molar-refractivity contribution in [1.29, 1.82) is 0 Å². The number of nitrogens with one attached hydrogen (secondary N) is 1. The highest BCUT2D eigenvalue weighted by atomic mass is 15.1. The van der Waals surface area contributed by atoms with E-state index in [1.54, 1.807) is 0 Å². The van der Waals surface area contributed by atoms with E-state index in [1.807, 2.05) is 0 Å². The zero-order valence-corrected chi connectivity index (χ0v) is 14.2. The van der Waals surface area contributed by atoms with E-state index in [0.717, 1.165) is 18.8 Å². The van der Waals surface area contributed by atoms with Gasteiger partial charge in [0.25, 0.3) is 0 Å². The van der Waals surface area contributed by atoms with Crippen LogP contribution in [0.25, 0.3) is 11.3 Å². The summed E-state index contributed by atoms with van der Waals surface area (Å²) in [4.78, 5) is 2.54. The van der Waals surface area contributed by atoms with Crippen molar-refractivity contribution >= 4 is 11.3 Å². The minimum atomic E-state index is 0.447. The molecular weight excluding hydrogens is 268 g/mol. The predicted octanol–water partition coefficient (Wildman–Crippen LogP) is 4.40. The Bertz CT molecular complexity index is 510. The molecule has 0 spiro atoms. The van der Waals surface area contributed by atoms with Crippen molar-refractivity contribution in [2.45, 2.75) is 33.1 Å². The summed E-state index contributed by atoms with van der Waals surface area (Å²) in [5.74, 6) is 0.447. The Morgan fingerprint density at radius 3 is 2.36 bits per heavy atom. The Labute approximate surface area is 135 Å². The maximum Gasteiger partial charge on any atom is 0.0347 e. The third-order valence-corrected chi connectivity index (χ3v) is 4.51. The molecule has 1 N–H and O–H groups in total. The molecule has 1 aromatic carbocycles. The monoisotopic (exact) mass is 298 g/mol. The van der Waals surface area contributed by atoms with Crippen molar-refractivity contribution in [2.75, 3.05) is 26.2 Å². The molecule has 2 heteroatoms. The molecule has 0 saturated carbocycles. The van der Waals surface area contributed by atoms with Crippen molar-refractivity contribution in [2.24, 2.45) is 5.92 Å². The van der Waals surface area contributed by atoms with E-state index >= 15 is 0 Å². The normalized spacial score (nSPS) is 15.8. The van der Waals surface area contributed by atoms with E-state index in [9.17, 15) is 0 Å². The molecule has 0 aliphatic carbocycles. The number of rotatable bonds is 7. The molecule has 0 bridgehead atoms. The van der Waals surface area contributed by atoms with Crippen molar-refractivity contribution in [3.8, 4) is 0 Å². The van der Waals surface area contributed by atoms with Crippen LogP contribution in [0.4, 0.5) is 0 Å². The van der Waals surface area contributed by atoms with Crippen LogP contribution in [0, 0.1) is 5.92 Å². The molecule has 0 aromatic heterocycles. The maximum atomic E-state index is 4.24. The third kappa shape index (κ3) is 4.48. The van der Waals surface area contributed by atoms with Crippen molar-refractivity contribution in [3.63, 3.8) is 0 Å². The highest BCUT2D eigenvalue weighted by Gasteiger charge is 2.12. The van der Waals surface area contributed by atoms with Gasteiger partial charge >= 0.3 is 0 Å². The summed E-state index contributed by atoms with van der Waals surface area (Å²) in [7, 11) is 0. The van der Waals surface area contributed by atoms with E-state index in [1.165, 1.54) is 49.1 Å². The molecule has 2 nitrogen and oxygen atoms in total. The number of piperidine rings is 1. The van der Waals surface area contributed by atoms with Crippen LogP contribution in [0.1, 0.15) is 44.2 Å². The number of benzene rings is 1. The average molecular weight is 298 g/mol. The fourth-order valence-corrected chi connectivity index (χ4v) is 2.98. The molecule has 0 radical (unpaired) electrons. The van der Waals surface area contributed by atoms with Gasteiger partial charge in [-0.15, -0.1) is 0 Å². The lowest BCUT2D eigenvalue weighted by molar-refractivity contribution is 0.232. The quantitative estimate of drug-likeness (QED) is 0.802. The molecule has 120 valence electrons. The van der Waals surface area contributed by atoms with Crippen LogP contribution in [0.2, 0.25) is 0 Å². The van der Waals surface area contributed by atoms with Gasteiger partial charge in [-0.1, -0.05) is 57.7 Å². The van der Waals surface area contributed by atoms with Gasteiger partial charge < -0.3 is 10.2 Å². The van der Waals surface area contributed by atoms with E-state index in [2.05, 4.69) is 61.5 Å². The molecule has 22 heavy (non-hydrogen) atoms. The summed E-state index contributed by atoms with van der Waals surface area (Å²) in [6, 6.07) is 8.44. The molecule has 2 rings (SSSR count). The lowest BCUT2D eigenvalue weighted by atomic mass is 9.92. The minimum Gasteiger partial charge on any atom is -0.384 e. The van der Waals surface area contributed by atoms with Gasteiger partial charge in [-0.05, 0) is 43.0 Å². The number of likely N-dealkylation sites (tertiary alicyclic amines) is 1. The van der Waals surface area contributed by atoms with Gasteiger partial charge in [-0.2, -0.15) is 0 Å². The highest BCUT2D eigenvalue weighted by molar-refractivity contribution is 5.78. The first-order valence-electron chi connectivity index (χ1n) is 8.53. The standard InChI is InChI=1S/C20H30N2/c1-16(2)17(3)19-10-6-7-11-20(19)18(4)21-12-15-22-13-8-5-9-14-22/h6-7,10-11,16,21H,3-5,8-9,12-15H2,1-2H3. The molecular formula is C20H30N2. The fraction of sp³-hybridized carbons (Fsp3) is 0.500. The van der Waals surface area contributed by atoms with E-state index < -0.39 is 0 Å². The van der Waals surface area contributed by atoms with Crippen molar-refractivity contribution in [1.82, 2.24) is 10.2 Å². The van der Waals surface area contributed by atoms with Gasteiger partial charge in [0.05, 0.1) is 0 Å². The van der Waals surface area contributed by atoms with E-state index in [0.29, 0.717) is 5.92 Å². The Kier molecular flexibility index (Phi) is 6.26. The molecule has 0 amide bonds. The van der Waals surface area contributed by atoms with Crippen LogP contribution in [-0.4, -0.2) is 31.1 Å². The Hall–Kier alpha value is -1.54. The largest absolute Gasteiger partial charge is 0.384 e. The summed E-state index contributed by atoms with van der Waals surface area (Å²) in [6.07, 6.45) is 4.08. The topological polar surface area (TPSA) is 15.3 Å². The minimum absolute atomic E-state index is 0.447. The number of nitrogens with zero attached hydrogens (tertiary/aromatic N) is 1. The lowest BCUT2D eigenvalue weighted by Crippen LogP contribution is -2.35. The second kappa shape index (κ2) is 8.19. The first-order chi connectivity index (χ1) is 10.6. The highest BCUT2D eigenvalue weighted by Crippen LogP contribution is 2.27. The molecule has 0 atom stereocenters. The Morgan fingerprint density at radius 1 is 1.09 bits per heavy atom. The number of allylic oxidation sites excluding steroid dienone is 1. The van der Waals surface area contributed by atoms with Crippen LogP contribution in [0.5, 0.6) is 0 Å². The molecule has 1 aliphatic heterocycles. The maximum absolute atomic E-state index is 4.24. The van der Waals surface area contributed by atoms with Crippen LogP contribution in [0.3, 0.4) is 0 Å². The second-order valence-electron chi connectivity index (χ2n) is 6.53. The van der Waals surface area contributed by atoms with Crippen molar-refractivity contribution < 1.29 is 0 Å². The fourth-order valence-electron chi connectivity index (χ4n) is 2.98. The zero-order chi connectivity index (χ0) is 15.9. The van der Waals surface area contributed by atoms with Crippen LogP contribution in [0.15, 0.2) is 37.4 Å². The lowest BCUT2D eigenvalue weighted by Gasteiger charge is -2.27. The SMILES string of the molecule is C=C(NCCN1CCCCC1)c1ccccc1C(=C)C(C)C. The third-order valence-electron chi connectivity index (χ3n) is 4.51. The average Bonchev–Trinajstić information content (AvgIpc) is 2.55. The van der Waals surface area contributed by atoms with Gasteiger partial charge in [0, 0.05) is 24.4 Å². The summed E-state index contributed by atoms with van der Waals surface area (Å²) < 4.78 is 0. The molecule has 1 fully saturated rings. The summed E-state index contributed by atoms with van der Waals surface area (Å²) in [5.41, 5.74) is 4.58. The first-order valence-corrected chi connectivity index (χ1v) is 8.53. The van der Waals surface area contributed by atoms with Crippen LogP contribution in [-0.2, 0) is 0 Å². The second-order valence-corrected chi connectivity index (χ2v) is 6.53. The molecule has 1 aliphatic rings. The molecule has 1 aromatic rings. The first kappa shape index (κ1) is 16.8. The smallest absolute Gasteiger partial charge is 0.0347 e. The van der Waals surface area contributed by atoms with Gasteiger partial charge in [-0.3, -0.25) is 0 Å². The molecule has 1 saturated heterocycles. The van der Waals surface area contributed by atoms with Crippen LogP contribution < -0.4 is 5.32 Å². The Morgan fingerprint density at radius 2 is 1.73 bits per heavy atom. The number of hydrogen-bond donors (Lipinski definition) is 1. The van der Waals surface area contributed by atoms with Gasteiger partial charge in [0.2, 0.25) is 0 Å².